The number of hydrogen-bond donors (Lipinski definition) is 3. The molecule has 6 heterocycles. The summed E-state index contributed by atoms with van der Waals surface area (Å²) in [7, 11) is 4.06. The number of carboxylic acid groups (broad SMARTS) is 1. The van der Waals surface area contributed by atoms with Crippen LogP contribution >= 0.6 is 31.9 Å². The summed E-state index contributed by atoms with van der Waals surface area (Å²) in [6.45, 7) is 20.9. The molecule has 0 aliphatic carbocycles. The number of carboxylic acids is 1. The van der Waals surface area contributed by atoms with Gasteiger partial charge in [0.05, 0.1) is 21.3 Å². The van der Waals surface area contributed by atoms with Crippen LogP contribution in [0.4, 0.5) is 5.82 Å². The van der Waals surface area contributed by atoms with Crippen molar-refractivity contribution in [1.29, 1.82) is 0 Å². The van der Waals surface area contributed by atoms with Gasteiger partial charge in [-0.05, 0) is 167 Å². The van der Waals surface area contributed by atoms with Crippen molar-refractivity contribution in [1.82, 2.24) is 29.9 Å². The topological polar surface area (TPSA) is 293 Å². The van der Waals surface area contributed by atoms with Crippen LogP contribution in [0.2, 0.25) is 34.7 Å². The van der Waals surface area contributed by atoms with Gasteiger partial charge >= 0.3 is 53.4 Å². The van der Waals surface area contributed by atoms with E-state index in [-0.39, 0.29) is 89.1 Å². The third kappa shape index (κ3) is 73.4. The van der Waals surface area contributed by atoms with Crippen LogP contribution in [0.15, 0.2) is 138 Å². The molecule has 0 aliphatic heterocycles. The summed E-state index contributed by atoms with van der Waals surface area (Å²) in [6, 6.07) is 23.2. The number of aryl methyl sites for hydroxylation is 8. The van der Waals surface area contributed by atoms with E-state index in [1.54, 1.807) is 49.3 Å². The molecule has 0 radical (unpaired) electrons. The van der Waals surface area contributed by atoms with E-state index in [1.165, 1.54) is 33.0 Å². The molecule has 492 valence electrons. The van der Waals surface area contributed by atoms with Gasteiger partial charge in [-0.2, -0.15) is 0 Å². The number of ketones is 1. The minimum atomic E-state index is -0.760. The van der Waals surface area contributed by atoms with E-state index in [9.17, 15) is 24.0 Å². The quantitative estimate of drug-likeness (QED) is 0.0395. The number of rotatable bonds is 14. The number of ether oxygens (including phenoxy) is 3. The zero-order chi connectivity index (χ0) is 67.3. The molecule has 6 rings (SSSR count). The first-order valence-electron chi connectivity index (χ1n) is 28.4. The normalized spacial score (nSPS) is 9.06. The molecule has 0 fully saturated rings. The van der Waals surface area contributed by atoms with Gasteiger partial charge < -0.3 is 36.3 Å². The number of nitrogens with zero attached hydrogens (tertiary/aromatic N) is 6. The molecule has 0 saturated carbocycles. The van der Waals surface area contributed by atoms with Crippen LogP contribution in [0.25, 0.3) is 6.08 Å². The van der Waals surface area contributed by atoms with Crippen molar-refractivity contribution < 1.29 is 78.3 Å². The van der Waals surface area contributed by atoms with Crippen LogP contribution in [-0.2, 0) is 57.4 Å². The minimum absolute atomic E-state index is 0. The number of aliphatic carboxylic acids is 1. The Morgan fingerprint density at radius 1 is 0.567 bits per heavy atom. The standard InChI is InChI=1S/C13H19NO.C10H13NO2.C10H11NO2.C9H11NO2.C6H6BrN.C5H5BrN2.C4H6O2.C3H9N.CH4.6CH3.2Al.Na.H2O/c1-10(2)8-13(15)5-4-12-6-7-14-11(3)9-12;2*1-8-7-9(5-6-11-8)3-4-10(12)13-2;1-7-6-8(4-5-10-7)2-3-9(11)12;1-5-4-6(7)2-3-8-5;6-4-1-2-8-5(7)3-4;1-3-4(5)6-2;1-3(2)4;;;;;;;;;;;/h6-7,9-10H,4-5,8H2,1-3H3;5-7H,3-4H2,1-2H3;3-7H,1-2H3;4-6H,2-3H2,1H3,(H,11,12);2-4H,1H3;1-3H,(H2,7,8);3H,1H2,2H3;3H,4H2,1-2H3;1H4;6*1H3;;;;1H2/q;;;;;;;;;;;;;;;;;+1;/p-1/b;;4-3+;;;;;;;;;;;;;;;;. The van der Waals surface area contributed by atoms with E-state index in [0.29, 0.717) is 49.2 Å². The molecule has 18 nitrogen and oxygen atoms in total. The number of anilines is 1. The molecular weight excluding hydrogens is 1310 g/mol. The zero-order valence-electron chi connectivity index (χ0n) is 56.3. The van der Waals surface area contributed by atoms with Gasteiger partial charge in [0.25, 0.3) is 28.3 Å². The Labute approximate surface area is 587 Å². The predicted octanol–water partition coefficient (Wildman–Crippen LogP) is 11.9. The van der Waals surface area contributed by atoms with Gasteiger partial charge in [-0.3, -0.25) is 39.3 Å². The van der Waals surface area contributed by atoms with Gasteiger partial charge in [-0.1, -0.05) is 73.6 Å². The van der Waals surface area contributed by atoms with Gasteiger partial charge in [0.15, 0.2) is 0 Å². The summed E-state index contributed by atoms with van der Waals surface area (Å²) in [5, 5.41) is 8.43. The third-order valence-electron chi connectivity index (χ3n) is 9.19. The van der Waals surface area contributed by atoms with Gasteiger partial charge in [0.1, 0.15) is 11.6 Å². The average molecular weight is 1420 g/mol. The summed E-state index contributed by atoms with van der Waals surface area (Å²) < 4.78 is 15.2. The number of esters is 3. The van der Waals surface area contributed by atoms with Crippen LogP contribution in [0.1, 0.15) is 112 Å². The Balaban J connectivity index is -0.000000174. The average Bonchev–Trinajstić information content (AvgIpc) is 3.61. The molecule has 23 heteroatoms. The summed E-state index contributed by atoms with van der Waals surface area (Å²) >= 11 is 6.29. The molecule has 0 unspecified atom stereocenters. The number of aromatic nitrogens is 6. The summed E-state index contributed by atoms with van der Waals surface area (Å²) in [5.74, 6) is 13.5. The maximum absolute atomic E-state index is 11.5. The van der Waals surface area contributed by atoms with Crippen molar-refractivity contribution in [3.8, 4) is 0 Å². The van der Waals surface area contributed by atoms with E-state index < -0.39 is 11.9 Å². The van der Waals surface area contributed by atoms with Gasteiger partial charge in [-0.15, -0.1) is 34.7 Å². The molecule has 0 atom stereocenters. The number of methoxy groups -OCH3 is 3. The Morgan fingerprint density at radius 2 is 0.911 bits per heavy atom. The molecular formula is C67H103Al2Br2N8NaO10. The Morgan fingerprint density at radius 3 is 1.19 bits per heavy atom. The van der Waals surface area contributed by atoms with Gasteiger partial charge in [0, 0.05) is 112 Å². The van der Waals surface area contributed by atoms with Crippen LogP contribution in [0.3, 0.4) is 0 Å². The molecule has 6 aromatic rings. The fraction of sp³-hybridized carbons (Fsp3) is 0.418. The Bertz CT molecular complexity index is 2770. The predicted molar refractivity (Wildman–Crippen MR) is 376 cm³/mol. The minimum Gasteiger partial charge on any atom is -0.870 e. The first-order valence-corrected chi connectivity index (χ1v) is 36.9. The van der Waals surface area contributed by atoms with Crippen molar-refractivity contribution in [2.45, 2.75) is 155 Å². The molecule has 6 N–H and O–H groups in total. The van der Waals surface area contributed by atoms with Crippen LogP contribution in [0, 0.1) is 40.5 Å². The number of Topliss-reactive ketones (excluding diaryl/α,β-unsaturated/α-hetero) is 1. The van der Waals surface area contributed by atoms with Crippen LogP contribution in [0.5, 0.6) is 0 Å². The molecule has 0 aliphatic rings. The van der Waals surface area contributed by atoms with Gasteiger partial charge in [-0.25, -0.2) is 14.6 Å². The molecule has 0 spiro atoms. The Kier molecular flexibility index (Phi) is 69.7. The van der Waals surface area contributed by atoms with E-state index >= 15 is 0 Å². The van der Waals surface area contributed by atoms with E-state index in [4.69, 9.17) is 16.6 Å². The third-order valence-corrected chi connectivity index (χ3v) is 10.2. The maximum atomic E-state index is 11.5. The van der Waals surface area contributed by atoms with Crippen molar-refractivity contribution in [2.24, 2.45) is 11.7 Å². The second kappa shape index (κ2) is 63.8. The second-order valence-corrected chi connectivity index (χ2v) is 29.8. The number of nitrogens with two attached hydrogens (primary N) is 2. The molecule has 0 bridgehead atoms. The molecule has 6 aromatic heterocycles. The largest absolute Gasteiger partial charge is 1.00 e. The fourth-order valence-electron chi connectivity index (χ4n) is 5.64. The van der Waals surface area contributed by atoms with E-state index in [0.717, 1.165) is 73.0 Å². The zero-order valence-corrected chi connectivity index (χ0v) is 63.8. The molecule has 0 saturated heterocycles. The van der Waals surface area contributed by atoms with E-state index in [2.05, 4.69) is 131 Å². The smallest absolute Gasteiger partial charge is 0.870 e. The number of nitrogen functional groups attached to an aromatic ring is 1. The second-order valence-electron chi connectivity index (χ2n) is 21.1. The SMILES string of the molecule is C.C=CC(=O)OC.CC(C)N.COC(=O)/C=C/c1ccnc(C)c1.COC(=O)CCc1ccnc(C)c1.Cc1cc(Br)ccn1.Cc1cc(CCC(=O)CC(C)C)ccn1.Cc1cc(CCC(=O)O)ccn1.Nc1cc(Br)ccn1.[CH3][Al]([CH3])[CH3].[CH3][Al]([CH3])[CH3].[Na+].[OH-]. The molecule has 90 heavy (non-hydrogen) atoms. The summed E-state index contributed by atoms with van der Waals surface area (Å²) in [6.07, 6.45) is 18.7. The molecule has 0 amide bonds. The van der Waals surface area contributed by atoms with Crippen molar-refractivity contribution in [3.63, 3.8) is 0 Å². The van der Waals surface area contributed by atoms with Crippen molar-refractivity contribution >= 4 is 102 Å². The van der Waals surface area contributed by atoms with Crippen LogP contribution in [-0.4, -0.2) is 126 Å². The number of hydrogen-bond acceptors (Lipinski definition) is 17. The van der Waals surface area contributed by atoms with Crippen molar-refractivity contribution in [3.05, 3.63) is 188 Å². The number of carbonyl (C=O) groups excluding carboxylic acids is 4. The van der Waals surface area contributed by atoms with Crippen molar-refractivity contribution in [2.75, 3.05) is 27.1 Å². The summed E-state index contributed by atoms with van der Waals surface area (Å²) in [4.78, 5) is 77.2. The number of carbonyl (C=O) groups is 5. The maximum Gasteiger partial charge on any atom is 1.00 e. The van der Waals surface area contributed by atoms with E-state index in [1.807, 2.05) is 115 Å². The Hall–Kier alpha value is -5.33. The summed E-state index contributed by atoms with van der Waals surface area (Å²) in [5.41, 5.74) is 19.6. The first-order chi connectivity index (χ1) is 40.8. The van der Waals surface area contributed by atoms with Crippen LogP contribution < -0.4 is 41.0 Å². The fourth-order valence-corrected chi connectivity index (χ4v) is 6.44. The first kappa shape index (κ1) is 98.3. The number of pyridine rings is 6. The molecule has 0 aromatic carbocycles. The number of halogens is 2. The monoisotopic (exact) mass is 1410 g/mol. The van der Waals surface area contributed by atoms with Gasteiger partial charge in [0.2, 0.25) is 0 Å².